The Balaban J connectivity index is 1.12. The first-order valence-corrected chi connectivity index (χ1v) is 17.1. The molecule has 0 saturated carbocycles. The summed E-state index contributed by atoms with van der Waals surface area (Å²) in [7, 11) is 0. The lowest BCUT2D eigenvalue weighted by Crippen LogP contribution is -2.54. The molecule has 2 unspecified atom stereocenters. The van der Waals surface area contributed by atoms with Crippen molar-refractivity contribution in [3.63, 3.8) is 0 Å². The number of hydrogen-bond donors (Lipinski definition) is 1. The van der Waals surface area contributed by atoms with Gasteiger partial charge in [0.05, 0.1) is 33.8 Å². The minimum absolute atomic E-state index is 0.00133. The second-order valence-corrected chi connectivity index (χ2v) is 13.8. The van der Waals surface area contributed by atoms with Gasteiger partial charge in [0.1, 0.15) is 5.75 Å². The van der Waals surface area contributed by atoms with Crippen molar-refractivity contribution < 1.29 is 14.3 Å². The maximum Gasteiger partial charge on any atom is 0.253 e. The quantitative estimate of drug-likeness (QED) is 0.155. The van der Waals surface area contributed by atoms with Crippen LogP contribution < -0.4 is 10.1 Å². The molecule has 1 aromatic heterocycles. The fourth-order valence-corrected chi connectivity index (χ4v) is 7.42. The number of likely N-dealkylation sites (tertiary alicyclic amines) is 1. The summed E-state index contributed by atoms with van der Waals surface area (Å²) < 4.78 is 8.38. The number of hydrogen-bond acceptors (Lipinski definition) is 5. The van der Waals surface area contributed by atoms with Gasteiger partial charge in [-0.1, -0.05) is 65.1 Å². The summed E-state index contributed by atoms with van der Waals surface area (Å²) in [6.45, 7) is 8.27. The summed E-state index contributed by atoms with van der Waals surface area (Å²) >= 11 is 18.4. The molecule has 0 radical (unpaired) electrons. The van der Waals surface area contributed by atoms with Crippen molar-refractivity contribution in [1.29, 1.82) is 0 Å². The van der Waals surface area contributed by atoms with E-state index in [4.69, 9.17) is 39.5 Å². The zero-order valence-corrected chi connectivity index (χ0v) is 28.4. The van der Waals surface area contributed by atoms with Gasteiger partial charge in [-0.05, 0) is 69.0 Å². The molecule has 4 aromatic rings. The minimum Gasteiger partial charge on any atom is -0.489 e. The normalized spacial score (nSPS) is 18.4. The van der Waals surface area contributed by atoms with Crippen molar-refractivity contribution >= 4 is 57.4 Å². The van der Waals surface area contributed by atoms with Gasteiger partial charge < -0.3 is 14.6 Å². The summed E-state index contributed by atoms with van der Waals surface area (Å²) in [5, 5.41) is 5.44. The lowest BCUT2D eigenvalue weighted by molar-refractivity contribution is 0.0588. The molecule has 2 fully saturated rings. The molecule has 0 spiro atoms. The topological polar surface area (TPSA) is 66.8 Å². The van der Waals surface area contributed by atoms with Gasteiger partial charge in [-0.15, -0.1) is 0 Å². The third kappa shape index (κ3) is 7.40. The van der Waals surface area contributed by atoms with Crippen LogP contribution in [0.1, 0.15) is 59.4 Å². The number of fused-ring (bicyclic) bond motifs is 3. The summed E-state index contributed by atoms with van der Waals surface area (Å²) in [6, 6.07) is 19.4. The molecule has 3 heterocycles. The van der Waals surface area contributed by atoms with Gasteiger partial charge in [0.25, 0.3) is 5.91 Å². The van der Waals surface area contributed by atoms with Crippen LogP contribution in [0, 0.1) is 0 Å². The number of amides is 1. The number of carbonyl (C=O) groups is 2. The molecule has 10 heteroatoms. The molecular formula is C36H39Cl3N4O3. The monoisotopic (exact) mass is 680 g/mol. The van der Waals surface area contributed by atoms with Crippen LogP contribution in [0.2, 0.25) is 15.1 Å². The van der Waals surface area contributed by atoms with Crippen molar-refractivity contribution in [3.8, 4) is 5.75 Å². The molecular weight excluding hydrogens is 643 g/mol. The van der Waals surface area contributed by atoms with E-state index < -0.39 is 0 Å². The highest BCUT2D eigenvalue weighted by atomic mass is 35.5. The predicted molar refractivity (Wildman–Crippen MR) is 186 cm³/mol. The number of benzene rings is 3. The molecule has 0 aliphatic carbocycles. The molecule has 242 valence electrons. The number of nitrogens with zero attached hydrogens (tertiary/aromatic N) is 3. The van der Waals surface area contributed by atoms with Gasteiger partial charge in [-0.2, -0.15) is 0 Å². The van der Waals surface area contributed by atoms with Gasteiger partial charge in [0.2, 0.25) is 0 Å². The standard InChI is InChI=1S/C36H39Cl3N4O3/c1-23(2)46-34-9-4-8-29-30(36(45)40-18-24-10-13-31(38)32(39)16-24)21-42(35(29)34)14-5-15-43-27-11-12-28(43)20-41(19-27)22-33(44)25-6-3-7-26(37)17-25/h3-4,6-10,13,16-17,21,23,27-28H,5,11-12,14-15,18-20,22H2,1-2H3,(H,40,45). The number of carbonyl (C=O) groups excluding carboxylic acids is 2. The minimum atomic E-state index is -0.155. The van der Waals surface area contributed by atoms with Crippen LogP contribution in [0.25, 0.3) is 10.9 Å². The van der Waals surface area contributed by atoms with Crippen LogP contribution in [0.5, 0.6) is 5.75 Å². The van der Waals surface area contributed by atoms with E-state index in [-0.39, 0.29) is 17.8 Å². The van der Waals surface area contributed by atoms with E-state index in [1.807, 2.05) is 56.4 Å². The lowest BCUT2D eigenvalue weighted by Gasteiger charge is -2.41. The molecule has 6 rings (SSSR count). The highest BCUT2D eigenvalue weighted by molar-refractivity contribution is 6.42. The van der Waals surface area contributed by atoms with Crippen LogP contribution in [-0.4, -0.2) is 70.4 Å². The van der Waals surface area contributed by atoms with Crippen LogP contribution >= 0.6 is 34.8 Å². The first-order chi connectivity index (χ1) is 22.2. The smallest absolute Gasteiger partial charge is 0.253 e. The Morgan fingerprint density at radius 1 is 0.935 bits per heavy atom. The SMILES string of the molecule is CC(C)Oc1cccc2c(C(=O)NCc3ccc(Cl)c(Cl)c3)cn(CCCN3C4CCC3CN(CC(=O)c3cccc(Cl)c3)C4)c12. The number of para-hydroxylation sites is 1. The lowest BCUT2D eigenvalue weighted by atomic mass is 10.1. The summed E-state index contributed by atoms with van der Waals surface area (Å²) in [5.41, 5.74) is 3.09. The number of piperazine rings is 1. The van der Waals surface area contributed by atoms with Crippen molar-refractivity contribution in [1.82, 2.24) is 19.7 Å². The first kappa shape index (κ1) is 32.9. The van der Waals surface area contributed by atoms with Crippen LogP contribution in [0.4, 0.5) is 0 Å². The fraction of sp³-hybridized carbons (Fsp3) is 0.389. The Labute approximate surface area is 285 Å². The number of rotatable bonds is 12. The van der Waals surface area contributed by atoms with E-state index in [0.29, 0.717) is 51.4 Å². The molecule has 1 N–H and O–H groups in total. The molecule has 2 aliphatic rings. The fourth-order valence-electron chi connectivity index (χ4n) is 6.91. The second-order valence-electron chi connectivity index (χ2n) is 12.6. The van der Waals surface area contributed by atoms with Gasteiger partial charge in [0, 0.05) is 67.0 Å². The first-order valence-electron chi connectivity index (χ1n) is 15.9. The maximum atomic E-state index is 13.5. The number of aromatic nitrogens is 1. The zero-order chi connectivity index (χ0) is 32.4. The van der Waals surface area contributed by atoms with Crippen molar-refractivity contribution in [2.45, 2.75) is 64.4 Å². The van der Waals surface area contributed by atoms with Crippen LogP contribution in [0.15, 0.2) is 66.9 Å². The van der Waals surface area contributed by atoms with E-state index >= 15 is 0 Å². The van der Waals surface area contributed by atoms with Crippen molar-refractivity contribution in [2.75, 3.05) is 26.2 Å². The summed E-state index contributed by atoms with van der Waals surface area (Å²) in [6.07, 6.45) is 5.18. The Morgan fingerprint density at radius 2 is 1.70 bits per heavy atom. The van der Waals surface area contributed by atoms with E-state index in [1.54, 1.807) is 24.3 Å². The Hall–Kier alpha value is -3.07. The highest BCUT2D eigenvalue weighted by Gasteiger charge is 2.39. The summed E-state index contributed by atoms with van der Waals surface area (Å²) in [5.74, 6) is 0.734. The molecule has 46 heavy (non-hydrogen) atoms. The van der Waals surface area contributed by atoms with Gasteiger partial charge in [-0.25, -0.2) is 0 Å². The molecule has 3 aromatic carbocycles. The number of ether oxygens (including phenoxy) is 1. The second kappa shape index (κ2) is 14.4. The zero-order valence-electron chi connectivity index (χ0n) is 26.1. The van der Waals surface area contributed by atoms with Gasteiger partial charge >= 0.3 is 0 Å². The highest BCUT2D eigenvalue weighted by Crippen LogP contribution is 2.33. The predicted octanol–water partition coefficient (Wildman–Crippen LogP) is 7.74. The van der Waals surface area contributed by atoms with Crippen LogP contribution in [0.3, 0.4) is 0 Å². The van der Waals surface area contributed by atoms with Crippen molar-refractivity contribution in [2.24, 2.45) is 0 Å². The van der Waals surface area contributed by atoms with Crippen molar-refractivity contribution in [3.05, 3.63) is 98.6 Å². The molecule has 1 amide bonds. The number of Topliss-reactive ketones (excluding diaryl/α,β-unsaturated/α-hetero) is 1. The largest absolute Gasteiger partial charge is 0.489 e. The average molecular weight is 682 g/mol. The molecule has 2 saturated heterocycles. The Bertz CT molecular complexity index is 1720. The molecule has 2 aliphatic heterocycles. The van der Waals surface area contributed by atoms with Gasteiger partial charge in [-0.3, -0.25) is 19.4 Å². The molecule has 7 nitrogen and oxygen atoms in total. The average Bonchev–Trinajstić information content (AvgIpc) is 3.51. The maximum absolute atomic E-state index is 13.5. The molecule has 2 atom stereocenters. The number of halogens is 3. The molecule has 2 bridgehead atoms. The van der Waals surface area contributed by atoms with E-state index in [9.17, 15) is 9.59 Å². The van der Waals surface area contributed by atoms with Crippen LogP contribution in [-0.2, 0) is 13.1 Å². The van der Waals surface area contributed by atoms with Gasteiger partial charge in [0.15, 0.2) is 5.78 Å². The van der Waals surface area contributed by atoms with E-state index in [2.05, 4.69) is 19.7 Å². The third-order valence-electron chi connectivity index (χ3n) is 8.94. The Kier molecular flexibility index (Phi) is 10.3. The Morgan fingerprint density at radius 3 is 2.41 bits per heavy atom. The number of ketones is 1. The number of aryl methyl sites for hydroxylation is 1. The van der Waals surface area contributed by atoms with E-state index in [1.165, 1.54) is 0 Å². The number of nitrogens with one attached hydrogen (secondary N) is 1. The van der Waals surface area contributed by atoms with E-state index in [0.717, 1.165) is 67.7 Å². The summed E-state index contributed by atoms with van der Waals surface area (Å²) in [4.78, 5) is 31.4. The third-order valence-corrected chi connectivity index (χ3v) is 9.92.